The highest BCUT2D eigenvalue weighted by molar-refractivity contribution is 6.31. The van der Waals surface area contributed by atoms with Gasteiger partial charge in [0.2, 0.25) is 0 Å². The zero-order valence-electron chi connectivity index (χ0n) is 7.52. The van der Waals surface area contributed by atoms with E-state index in [0.717, 1.165) is 22.6 Å². The second-order valence-corrected chi connectivity index (χ2v) is 3.42. The van der Waals surface area contributed by atoms with Crippen LogP contribution in [0, 0.1) is 0 Å². The van der Waals surface area contributed by atoms with Gasteiger partial charge in [0.15, 0.2) is 0 Å². The van der Waals surface area contributed by atoms with Gasteiger partial charge in [-0.15, -0.1) is 0 Å². The third-order valence-electron chi connectivity index (χ3n) is 1.97. The van der Waals surface area contributed by atoms with E-state index in [1.165, 1.54) is 6.33 Å². The summed E-state index contributed by atoms with van der Waals surface area (Å²) in [6.45, 7) is 0. The highest BCUT2D eigenvalue weighted by Crippen LogP contribution is 2.17. The van der Waals surface area contributed by atoms with Gasteiger partial charge in [-0.25, -0.2) is 9.97 Å². The van der Waals surface area contributed by atoms with Crippen LogP contribution in [0.1, 0.15) is 11.1 Å². The molecule has 0 bridgehead atoms. The minimum atomic E-state index is 0.778. The summed E-state index contributed by atoms with van der Waals surface area (Å²) in [7, 11) is 0. The molecule has 3 heteroatoms. The Morgan fingerprint density at radius 2 is 1.79 bits per heavy atom. The van der Waals surface area contributed by atoms with Gasteiger partial charge in [0.1, 0.15) is 6.33 Å². The average molecular weight is 205 g/mol. The lowest BCUT2D eigenvalue weighted by molar-refractivity contribution is 1.07. The molecule has 0 aliphatic rings. The lowest BCUT2D eigenvalue weighted by Gasteiger charge is -2.02. The first kappa shape index (κ1) is 9.16. The van der Waals surface area contributed by atoms with Gasteiger partial charge in [-0.1, -0.05) is 29.8 Å². The molecule has 2 nitrogen and oxygen atoms in total. The van der Waals surface area contributed by atoms with E-state index in [1.807, 2.05) is 24.3 Å². The zero-order valence-corrected chi connectivity index (χ0v) is 8.28. The molecule has 0 amide bonds. The molecule has 0 radical (unpaired) electrons. The van der Waals surface area contributed by atoms with Crippen molar-refractivity contribution in [3.8, 4) is 0 Å². The first-order chi connectivity index (χ1) is 6.86. The topological polar surface area (TPSA) is 25.8 Å². The van der Waals surface area contributed by atoms with Crippen molar-refractivity contribution in [2.24, 2.45) is 0 Å². The van der Waals surface area contributed by atoms with E-state index in [9.17, 15) is 0 Å². The molecular formula is C11H9ClN2. The summed E-state index contributed by atoms with van der Waals surface area (Å²) < 4.78 is 0. The smallest absolute Gasteiger partial charge is 0.115 e. The molecule has 0 aliphatic carbocycles. The summed E-state index contributed by atoms with van der Waals surface area (Å²) in [5.41, 5.74) is 2.17. The first-order valence-corrected chi connectivity index (χ1v) is 4.71. The largest absolute Gasteiger partial charge is 0.245 e. The van der Waals surface area contributed by atoms with E-state index < -0.39 is 0 Å². The lowest BCUT2D eigenvalue weighted by atomic mass is 10.1. The maximum atomic E-state index is 6.03. The molecule has 0 atom stereocenters. The maximum absolute atomic E-state index is 6.03. The standard InChI is InChI=1S/C11H9ClN2/c12-11-4-2-1-3-10(11)5-9-6-13-8-14-7-9/h1-4,6-8H,5H2. The number of hydrogen-bond donors (Lipinski definition) is 0. The fraction of sp³-hybridized carbons (Fsp3) is 0.0909. The van der Waals surface area contributed by atoms with Crippen LogP contribution in [-0.4, -0.2) is 9.97 Å². The summed E-state index contributed by atoms with van der Waals surface area (Å²) in [4.78, 5) is 7.91. The minimum Gasteiger partial charge on any atom is -0.245 e. The molecule has 0 saturated carbocycles. The Balaban J connectivity index is 2.24. The molecule has 70 valence electrons. The van der Waals surface area contributed by atoms with Crippen molar-refractivity contribution in [3.63, 3.8) is 0 Å². The van der Waals surface area contributed by atoms with Gasteiger partial charge in [-0.05, 0) is 17.2 Å². The van der Waals surface area contributed by atoms with Crippen LogP contribution < -0.4 is 0 Å². The molecule has 1 aromatic heterocycles. The maximum Gasteiger partial charge on any atom is 0.115 e. The van der Waals surface area contributed by atoms with Gasteiger partial charge in [0.05, 0.1) is 0 Å². The van der Waals surface area contributed by atoms with Crippen molar-refractivity contribution in [1.29, 1.82) is 0 Å². The Labute approximate surface area is 87.6 Å². The second kappa shape index (κ2) is 4.20. The summed E-state index contributed by atoms with van der Waals surface area (Å²) in [6, 6.07) is 7.80. The van der Waals surface area contributed by atoms with Gasteiger partial charge < -0.3 is 0 Å². The number of aromatic nitrogens is 2. The van der Waals surface area contributed by atoms with Crippen LogP contribution in [-0.2, 0) is 6.42 Å². The Bertz CT molecular complexity index is 415. The third-order valence-corrected chi connectivity index (χ3v) is 2.34. The van der Waals surface area contributed by atoms with E-state index in [1.54, 1.807) is 12.4 Å². The number of hydrogen-bond acceptors (Lipinski definition) is 2. The summed E-state index contributed by atoms with van der Waals surface area (Å²) in [5.74, 6) is 0. The van der Waals surface area contributed by atoms with Crippen LogP contribution in [0.25, 0.3) is 0 Å². The Morgan fingerprint density at radius 3 is 2.50 bits per heavy atom. The molecule has 2 aromatic rings. The van der Waals surface area contributed by atoms with E-state index in [-0.39, 0.29) is 0 Å². The normalized spacial score (nSPS) is 10.1. The van der Waals surface area contributed by atoms with Crippen LogP contribution in [0.4, 0.5) is 0 Å². The molecule has 1 heterocycles. The van der Waals surface area contributed by atoms with Gasteiger partial charge in [0, 0.05) is 23.8 Å². The van der Waals surface area contributed by atoms with Gasteiger partial charge in [-0.3, -0.25) is 0 Å². The monoisotopic (exact) mass is 204 g/mol. The van der Waals surface area contributed by atoms with Gasteiger partial charge in [-0.2, -0.15) is 0 Å². The number of rotatable bonds is 2. The molecule has 0 unspecified atom stereocenters. The molecule has 0 spiro atoms. The van der Waals surface area contributed by atoms with Gasteiger partial charge >= 0.3 is 0 Å². The highest BCUT2D eigenvalue weighted by Gasteiger charge is 2.00. The van der Waals surface area contributed by atoms with Crippen molar-refractivity contribution in [2.75, 3.05) is 0 Å². The highest BCUT2D eigenvalue weighted by atomic mass is 35.5. The van der Waals surface area contributed by atoms with Crippen LogP contribution in [0.3, 0.4) is 0 Å². The Kier molecular flexibility index (Phi) is 2.75. The minimum absolute atomic E-state index is 0.778. The number of benzene rings is 1. The first-order valence-electron chi connectivity index (χ1n) is 4.33. The Morgan fingerprint density at radius 1 is 1.07 bits per heavy atom. The van der Waals surface area contributed by atoms with Crippen LogP contribution in [0.15, 0.2) is 43.0 Å². The van der Waals surface area contributed by atoms with Crippen molar-refractivity contribution in [1.82, 2.24) is 9.97 Å². The third kappa shape index (κ3) is 2.09. The predicted molar refractivity (Wildman–Crippen MR) is 56.3 cm³/mol. The predicted octanol–water partition coefficient (Wildman–Crippen LogP) is 2.72. The quantitative estimate of drug-likeness (QED) is 0.752. The van der Waals surface area contributed by atoms with Crippen molar-refractivity contribution >= 4 is 11.6 Å². The summed E-state index contributed by atoms with van der Waals surface area (Å²) in [5, 5.41) is 0.788. The van der Waals surface area contributed by atoms with E-state index in [0.29, 0.717) is 0 Å². The Hall–Kier alpha value is -1.41. The van der Waals surface area contributed by atoms with E-state index in [4.69, 9.17) is 11.6 Å². The van der Waals surface area contributed by atoms with Crippen LogP contribution >= 0.6 is 11.6 Å². The van der Waals surface area contributed by atoms with Gasteiger partial charge in [0.25, 0.3) is 0 Å². The number of nitrogens with zero attached hydrogens (tertiary/aromatic N) is 2. The SMILES string of the molecule is Clc1ccccc1Cc1cncnc1. The second-order valence-electron chi connectivity index (χ2n) is 3.01. The molecule has 1 aromatic carbocycles. The molecule has 14 heavy (non-hydrogen) atoms. The van der Waals surface area contributed by atoms with Crippen molar-refractivity contribution in [2.45, 2.75) is 6.42 Å². The number of halogens is 1. The zero-order chi connectivity index (χ0) is 9.80. The van der Waals surface area contributed by atoms with Crippen LogP contribution in [0.5, 0.6) is 0 Å². The fourth-order valence-corrected chi connectivity index (χ4v) is 1.49. The summed E-state index contributed by atoms with van der Waals surface area (Å²) >= 11 is 6.03. The average Bonchev–Trinajstić information content (AvgIpc) is 2.23. The lowest BCUT2D eigenvalue weighted by Crippen LogP contribution is -1.90. The van der Waals surface area contributed by atoms with E-state index in [2.05, 4.69) is 9.97 Å². The molecule has 0 saturated heterocycles. The van der Waals surface area contributed by atoms with Crippen LogP contribution in [0.2, 0.25) is 5.02 Å². The molecule has 0 fully saturated rings. The van der Waals surface area contributed by atoms with Crippen molar-refractivity contribution < 1.29 is 0 Å². The van der Waals surface area contributed by atoms with E-state index >= 15 is 0 Å². The molecule has 0 aliphatic heterocycles. The fourth-order valence-electron chi connectivity index (χ4n) is 1.28. The molecular weight excluding hydrogens is 196 g/mol. The van der Waals surface area contributed by atoms with Crippen molar-refractivity contribution in [3.05, 3.63) is 59.1 Å². The summed E-state index contributed by atoms with van der Waals surface area (Å²) in [6.07, 6.45) is 5.91. The molecule has 2 rings (SSSR count). The molecule has 0 N–H and O–H groups in total.